The summed E-state index contributed by atoms with van der Waals surface area (Å²) < 4.78 is 4.16. The summed E-state index contributed by atoms with van der Waals surface area (Å²) in [6.45, 7) is 3.47. The Morgan fingerprint density at radius 1 is 1.16 bits per heavy atom. The van der Waals surface area contributed by atoms with Gasteiger partial charge in [-0.25, -0.2) is 4.98 Å². The van der Waals surface area contributed by atoms with Gasteiger partial charge in [0.2, 0.25) is 0 Å². The van der Waals surface area contributed by atoms with Crippen molar-refractivity contribution >= 4 is 24.8 Å². The predicted molar refractivity (Wildman–Crippen MR) is 102 cm³/mol. The number of halogens is 2. The molecule has 0 aromatic carbocycles. The molecule has 1 saturated carbocycles. The second-order valence-electron chi connectivity index (χ2n) is 6.94. The van der Waals surface area contributed by atoms with Gasteiger partial charge in [0.15, 0.2) is 5.82 Å². The average molecular weight is 388 g/mol. The van der Waals surface area contributed by atoms with E-state index in [1.807, 2.05) is 12.4 Å². The molecule has 1 aliphatic carbocycles. The van der Waals surface area contributed by atoms with E-state index < -0.39 is 5.60 Å². The molecule has 2 aromatic rings. The summed E-state index contributed by atoms with van der Waals surface area (Å²) in [5.74, 6) is 0.865. The summed E-state index contributed by atoms with van der Waals surface area (Å²) in [5.41, 5.74) is 1.53. The quantitative estimate of drug-likeness (QED) is 0.849. The van der Waals surface area contributed by atoms with Crippen molar-refractivity contribution in [1.82, 2.24) is 24.6 Å². The molecular weight excluding hydrogens is 361 g/mol. The van der Waals surface area contributed by atoms with E-state index in [-0.39, 0.29) is 24.8 Å². The number of aromatic nitrogens is 4. The molecule has 0 spiro atoms. The minimum atomic E-state index is -0.591. The molecule has 1 fully saturated rings. The van der Waals surface area contributed by atoms with E-state index in [9.17, 15) is 5.11 Å². The largest absolute Gasteiger partial charge is 0.388 e. The standard InChI is InChI=1S/C17H25N5O.2ClH/c23-17(5-2-1-3-6-17)13-21-10-8-19-16(21)15-11-14-12-18-7-4-9-22(14)20-15;;/h8,10-11,18,23H,1-7,9,12-13H2;2*1H. The molecule has 0 bridgehead atoms. The first-order valence-corrected chi connectivity index (χ1v) is 8.75. The molecule has 0 atom stereocenters. The fourth-order valence-corrected chi connectivity index (χ4v) is 3.83. The van der Waals surface area contributed by atoms with Gasteiger partial charge in [-0.2, -0.15) is 5.10 Å². The molecule has 0 radical (unpaired) electrons. The molecule has 2 aliphatic rings. The fourth-order valence-electron chi connectivity index (χ4n) is 3.83. The van der Waals surface area contributed by atoms with Crippen LogP contribution in [0.2, 0.25) is 0 Å². The van der Waals surface area contributed by atoms with Gasteiger partial charge in [0.25, 0.3) is 0 Å². The summed E-state index contributed by atoms with van der Waals surface area (Å²) in [4.78, 5) is 4.51. The number of hydrogen-bond donors (Lipinski definition) is 2. The van der Waals surface area contributed by atoms with Crippen LogP contribution in [0, 0.1) is 0 Å². The molecule has 0 amide bonds. The van der Waals surface area contributed by atoms with Gasteiger partial charge < -0.3 is 15.0 Å². The number of aliphatic hydroxyl groups is 1. The smallest absolute Gasteiger partial charge is 0.160 e. The highest BCUT2D eigenvalue weighted by Crippen LogP contribution is 2.31. The summed E-state index contributed by atoms with van der Waals surface area (Å²) in [6.07, 6.45) is 10.1. The molecule has 1 aliphatic heterocycles. The number of rotatable bonds is 3. The van der Waals surface area contributed by atoms with Crippen LogP contribution in [0.25, 0.3) is 11.5 Å². The Morgan fingerprint density at radius 3 is 2.76 bits per heavy atom. The molecular formula is C17H27Cl2N5O. The van der Waals surface area contributed by atoms with Crippen molar-refractivity contribution in [2.24, 2.45) is 0 Å². The van der Waals surface area contributed by atoms with Crippen molar-refractivity contribution < 1.29 is 5.11 Å². The number of fused-ring (bicyclic) bond motifs is 1. The number of nitrogens with zero attached hydrogens (tertiary/aromatic N) is 4. The fraction of sp³-hybridized carbons (Fsp3) is 0.647. The first-order valence-electron chi connectivity index (χ1n) is 8.75. The maximum absolute atomic E-state index is 10.8. The van der Waals surface area contributed by atoms with E-state index in [1.54, 1.807) is 0 Å². The van der Waals surface area contributed by atoms with Gasteiger partial charge in [0, 0.05) is 25.5 Å². The first kappa shape index (κ1) is 20.2. The monoisotopic (exact) mass is 387 g/mol. The van der Waals surface area contributed by atoms with E-state index in [2.05, 4.69) is 25.6 Å². The summed E-state index contributed by atoms with van der Waals surface area (Å²) in [6, 6.07) is 2.13. The zero-order chi connectivity index (χ0) is 15.7. The topological polar surface area (TPSA) is 67.9 Å². The Bertz CT molecular complexity index is 655. The minimum absolute atomic E-state index is 0. The molecule has 6 nitrogen and oxygen atoms in total. The second kappa shape index (κ2) is 8.54. The molecule has 0 unspecified atom stereocenters. The van der Waals surface area contributed by atoms with Crippen LogP contribution in [0.15, 0.2) is 18.5 Å². The lowest BCUT2D eigenvalue weighted by molar-refractivity contribution is -0.0111. The Hall–Kier alpha value is -1.08. The van der Waals surface area contributed by atoms with Crippen molar-refractivity contribution in [3.63, 3.8) is 0 Å². The highest BCUT2D eigenvalue weighted by atomic mass is 35.5. The Kier molecular flexibility index (Phi) is 6.91. The number of aryl methyl sites for hydroxylation is 1. The van der Waals surface area contributed by atoms with Crippen molar-refractivity contribution in [3.05, 3.63) is 24.2 Å². The van der Waals surface area contributed by atoms with Gasteiger partial charge >= 0.3 is 0 Å². The lowest BCUT2D eigenvalue weighted by Crippen LogP contribution is -2.36. The summed E-state index contributed by atoms with van der Waals surface area (Å²) in [7, 11) is 0. The van der Waals surface area contributed by atoms with Crippen molar-refractivity contribution in [1.29, 1.82) is 0 Å². The van der Waals surface area contributed by atoms with Gasteiger partial charge in [-0.05, 0) is 31.9 Å². The average Bonchev–Trinajstić information content (AvgIpc) is 3.09. The van der Waals surface area contributed by atoms with Crippen LogP contribution in [-0.2, 0) is 19.6 Å². The maximum atomic E-state index is 10.8. The molecule has 3 heterocycles. The molecule has 4 rings (SSSR count). The molecule has 8 heteroatoms. The number of imidazole rings is 1. The molecule has 0 saturated heterocycles. The highest BCUT2D eigenvalue weighted by molar-refractivity contribution is 5.85. The third-order valence-electron chi connectivity index (χ3n) is 5.09. The van der Waals surface area contributed by atoms with Gasteiger partial charge in [-0.1, -0.05) is 19.3 Å². The maximum Gasteiger partial charge on any atom is 0.160 e. The molecule has 25 heavy (non-hydrogen) atoms. The zero-order valence-electron chi connectivity index (χ0n) is 14.4. The van der Waals surface area contributed by atoms with Gasteiger partial charge in [-0.15, -0.1) is 24.8 Å². The summed E-state index contributed by atoms with van der Waals surface area (Å²) in [5, 5.41) is 19.0. The Balaban J connectivity index is 0.00000113. The van der Waals surface area contributed by atoms with Crippen LogP contribution in [0.5, 0.6) is 0 Å². The molecule has 140 valence electrons. The van der Waals surface area contributed by atoms with Crippen LogP contribution < -0.4 is 5.32 Å². The van der Waals surface area contributed by atoms with Crippen LogP contribution in [0.3, 0.4) is 0 Å². The predicted octanol–water partition coefficient (Wildman–Crippen LogP) is 2.78. The number of hydrogen-bond acceptors (Lipinski definition) is 4. The summed E-state index contributed by atoms with van der Waals surface area (Å²) >= 11 is 0. The van der Waals surface area contributed by atoms with Gasteiger partial charge in [0.05, 0.1) is 17.8 Å². The van der Waals surface area contributed by atoms with E-state index in [0.717, 1.165) is 63.3 Å². The van der Waals surface area contributed by atoms with Crippen LogP contribution in [0.1, 0.15) is 44.2 Å². The van der Waals surface area contributed by atoms with Crippen molar-refractivity contribution in [2.75, 3.05) is 6.54 Å². The molecule has 2 aromatic heterocycles. The molecule has 2 N–H and O–H groups in total. The minimum Gasteiger partial charge on any atom is -0.388 e. The Morgan fingerprint density at radius 2 is 1.96 bits per heavy atom. The highest BCUT2D eigenvalue weighted by Gasteiger charge is 2.30. The van der Waals surface area contributed by atoms with Gasteiger partial charge in [0.1, 0.15) is 5.69 Å². The van der Waals surface area contributed by atoms with Crippen molar-refractivity contribution in [2.45, 2.75) is 63.8 Å². The van der Waals surface area contributed by atoms with E-state index in [1.165, 1.54) is 12.1 Å². The van der Waals surface area contributed by atoms with Crippen molar-refractivity contribution in [3.8, 4) is 11.5 Å². The van der Waals surface area contributed by atoms with Crippen LogP contribution in [-0.4, -0.2) is 36.6 Å². The lowest BCUT2D eigenvalue weighted by atomic mass is 9.85. The van der Waals surface area contributed by atoms with Crippen LogP contribution >= 0.6 is 24.8 Å². The Labute approximate surface area is 160 Å². The number of nitrogens with one attached hydrogen (secondary N) is 1. The first-order chi connectivity index (χ1) is 11.2. The van der Waals surface area contributed by atoms with E-state index in [4.69, 9.17) is 5.10 Å². The van der Waals surface area contributed by atoms with Gasteiger partial charge in [-0.3, -0.25) is 4.68 Å². The van der Waals surface area contributed by atoms with Crippen LogP contribution in [0.4, 0.5) is 0 Å². The third kappa shape index (κ3) is 4.37. The second-order valence-corrected chi connectivity index (χ2v) is 6.94. The zero-order valence-corrected chi connectivity index (χ0v) is 16.0. The normalized spacial score (nSPS) is 19.2. The van der Waals surface area contributed by atoms with E-state index >= 15 is 0 Å². The third-order valence-corrected chi connectivity index (χ3v) is 5.09. The SMILES string of the molecule is Cl.Cl.OC1(Cn2ccnc2-c2cc3n(n2)CCCNC3)CCCCC1. The van der Waals surface area contributed by atoms with E-state index in [0.29, 0.717) is 6.54 Å². The lowest BCUT2D eigenvalue weighted by Gasteiger charge is -2.32.